The molecular formula is C47H56FN9O4S2. The average Bonchev–Trinajstić information content (AvgIpc) is 3.72. The summed E-state index contributed by atoms with van der Waals surface area (Å²) in [6, 6.07) is 23.1. The van der Waals surface area contributed by atoms with Gasteiger partial charge in [-0.2, -0.15) is 0 Å². The number of thiazole rings is 1. The summed E-state index contributed by atoms with van der Waals surface area (Å²) < 4.78 is 43.6. The summed E-state index contributed by atoms with van der Waals surface area (Å²) in [5.74, 6) is -0.380. The second-order valence-electron chi connectivity index (χ2n) is 17.8. The van der Waals surface area contributed by atoms with Gasteiger partial charge in [0, 0.05) is 86.5 Å². The van der Waals surface area contributed by atoms with Crippen LogP contribution in [0.25, 0.3) is 21.8 Å². The van der Waals surface area contributed by atoms with Crippen molar-refractivity contribution in [2.24, 2.45) is 5.92 Å². The summed E-state index contributed by atoms with van der Waals surface area (Å²) in [6.45, 7) is 15.0. The number of carbonyl (C=O) groups excluding carboxylic acids is 2. The molecule has 3 fully saturated rings. The van der Waals surface area contributed by atoms with Crippen LogP contribution in [-0.4, -0.2) is 91.7 Å². The highest BCUT2D eigenvalue weighted by Gasteiger charge is 2.30. The molecule has 0 spiro atoms. The van der Waals surface area contributed by atoms with Crippen LogP contribution in [0, 0.1) is 11.7 Å². The van der Waals surface area contributed by atoms with Crippen molar-refractivity contribution >= 4 is 61.9 Å². The number of benzene rings is 3. The number of piperazine rings is 1. The molecule has 332 valence electrons. The molecule has 5 aromatic rings. The van der Waals surface area contributed by atoms with Gasteiger partial charge in [-0.25, -0.2) is 27.8 Å². The van der Waals surface area contributed by atoms with E-state index in [9.17, 15) is 18.0 Å². The van der Waals surface area contributed by atoms with Gasteiger partial charge in [0.25, 0.3) is 0 Å². The fourth-order valence-corrected chi connectivity index (χ4v) is 10.8. The van der Waals surface area contributed by atoms with Crippen molar-refractivity contribution in [2.75, 3.05) is 71.4 Å². The molecule has 0 radical (unpaired) electrons. The maximum absolute atomic E-state index is 16.1. The van der Waals surface area contributed by atoms with Gasteiger partial charge in [0.15, 0.2) is 5.82 Å². The largest absolute Gasteiger partial charge is 0.372 e. The number of imide groups is 1. The molecule has 1 atom stereocenters. The predicted octanol–water partition coefficient (Wildman–Crippen LogP) is 8.16. The lowest BCUT2D eigenvalue weighted by Gasteiger charge is -2.40. The molecule has 13 nitrogen and oxygen atoms in total. The number of nitrogens with zero attached hydrogens (tertiary/aromatic N) is 6. The molecule has 0 aliphatic carbocycles. The van der Waals surface area contributed by atoms with E-state index in [1.54, 1.807) is 31.3 Å². The van der Waals surface area contributed by atoms with Gasteiger partial charge in [-0.3, -0.25) is 24.5 Å². The summed E-state index contributed by atoms with van der Waals surface area (Å²) in [4.78, 5) is 46.2. The first-order valence-corrected chi connectivity index (χ1v) is 24.4. The third kappa shape index (κ3) is 10.5. The Morgan fingerprint density at radius 1 is 0.857 bits per heavy atom. The molecule has 63 heavy (non-hydrogen) atoms. The van der Waals surface area contributed by atoms with E-state index in [2.05, 4.69) is 59.3 Å². The standard InChI is InChI=1S/C47H56FN9O4S2/c1-5-29-63(60,61)54-38-8-6-7-37(41(38)48)42-43(62-45(53-42)47(2,3)4)39-19-22-49-46(51-39)50-33-11-15-35(16-12-33)57-27-25-55(26-28-57)30-31-20-23-56(24-21-31)34-13-9-32(10-14-34)36-17-18-40(58)52-44(36)59/h6-16,19,22,31,36,54H,5,17-18,20-21,23-30H2,1-4H3,(H,49,50,51)(H,52,58,59)/t36-/m1/s1. The number of rotatable bonds is 13. The van der Waals surface area contributed by atoms with Crippen LogP contribution in [0.15, 0.2) is 79.0 Å². The molecule has 0 unspecified atom stereocenters. The van der Waals surface area contributed by atoms with Crippen LogP contribution < -0.4 is 25.2 Å². The van der Waals surface area contributed by atoms with Gasteiger partial charge in [-0.05, 0) is 91.8 Å². The number of piperidine rings is 2. The zero-order chi connectivity index (χ0) is 44.3. The van der Waals surface area contributed by atoms with E-state index >= 15 is 4.39 Å². The number of aromatic nitrogens is 3. The second-order valence-corrected chi connectivity index (χ2v) is 20.6. The Bertz CT molecular complexity index is 2530. The Balaban J connectivity index is 0.852. The van der Waals surface area contributed by atoms with Crippen molar-refractivity contribution in [1.29, 1.82) is 0 Å². The number of anilines is 5. The Morgan fingerprint density at radius 2 is 1.54 bits per heavy atom. The molecule has 8 rings (SSSR count). The summed E-state index contributed by atoms with van der Waals surface area (Å²) in [5, 5.41) is 6.60. The maximum atomic E-state index is 16.1. The van der Waals surface area contributed by atoms with Crippen LogP contribution in [0.4, 0.5) is 33.1 Å². The quantitative estimate of drug-likeness (QED) is 0.0983. The SMILES string of the molecule is CCCS(=O)(=O)Nc1cccc(-c2nc(C(C)(C)C)sc2-c2ccnc(Nc3ccc(N4CCN(CC5CCN(c6ccc([C@H]7CCC(=O)NC7=O)cc6)CC5)CC4)cc3)n2)c1F. The first kappa shape index (κ1) is 44.2. The summed E-state index contributed by atoms with van der Waals surface area (Å²) in [6.07, 6.45) is 5.33. The lowest BCUT2D eigenvalue weighted by atomic mass is 9.90. The van der Waals surface area contributed by atoms with Gasteiger partial charge in [-0.15, -0.1) is 11.3 Å². The highest BCUT2D eigenvalue weighted by molar-refractivity contribution is 7.92. The minimum absolute atomic E-state index is 0.109. The van der Waals surface area contributed by atoms with E-state index in [-0.39, 0.29) is 40.2 Å². The highest BCUT2D eigenvalue weighted by atomic mass is 32.2. The Hall–Kier alpha value is -5.45. The lowest BCUT2D eigenvalue weighted by Crippen LogP contribution is -2.49. The van der Waals surface area contributed by atoms with E-state index in [0.717, 1.165) is 80.6 Å². The van der Waals surface area contributed by atoms with Gasteiger partial charge < -0.3 is 15.1 Å². The molecule has 2 aromatic heterocycles. The van der Waals surface area contributed by atoms with Gasteiger partial charge in [-0.1, -0.05) is 45.9 Å². The van der Waals surface area contributed by atoms with E-state index in [1.165, 1.54) is 23.1 Å². The Kier molecular flexibility index (Phi) is 13.1. The minimum Gasteiger partial charge on any atom is -0.372 e. The second kappa shape index (κ2) is 18.7. The number of nitrogens with one attached hydrogen (secondary N) is 3. The molecule has 3 N–H and O–H groups in total. The van der Waals surface area contributed by atoms with Crippen LogP contribution >= 0.6 is 11.3 Å². The molecule has 16 heteroatoms. The maximum Gasteiger partial charge on any atom is 0.234 e. The number of hydrogen-bond donors (Lipinski definition) is 3. The monoisotopic (exact) mass is 893 g/mol. The molecule has 3 saturated heterocycles. The number of carbonyl (C=O) groups is 2. The molecule has 2 amide bonds. The topological polar surface area (TPSA) is 153 Å². The van der Waals surface area contributed by atoms with Crippen molar-refractivity contribution in [3.8, 4) is 21.8 Å². The number of sulfonamides is 1. The molecular weight excluding hydrogens is 838 g/mol. The van der Waals surface area contributed by atoms with Gasteiger partial charge in [0.1, 0.15) is 0 Å². The van der Waals surface area contributed by atoms with E-state index < -0.39 is 15.8 Å². The summed E-state index contributed by atoms with van der Waals surface area (Å²) in [7, 11) is -3.71. The average molecular weight is 894 g/mol. The Labute approximate surface area is 373 Å². The van der Waals surface area contributed by atoms with Crippen LogP contribution in [0.5, 0.6) is 0 Å². The van der Waals surface area contributed by atoms with Gasteiger partial charge >= 0.3 is 0 Å². The van der Waals surface area contributed by atoms with Gasteiger partial charge in [0.05, 0.1) is 38.6 Å². The third-order valence-electron chi connectivity index (χ3n) is 12.0. The van der Waals surface area contributed by atoms with Crippen LogP contribution in [-0.2, 0) is 25.0 Å². The van der Waals surface area contributed by atoms with Crippen LogP contribution in [0.2, 0.25) is 0 Å². The normalized spacial score (nSPS) is 18.1. The molecule has 3 aliphatic heterocycles. The third-order valence-corrected chi connectivity index (χ3v) is 15.0. The number of amides is 2. The van der Waals surface area contributed by atoms with Crippen LogP contribution in [0.3, 0.4) is 0 Å². The molecule has 0 bridgehead atoms. The van der Waals surface area contributed by atoms with Crippen molar-refractivity contribution in [3.63, 3.8) is 0 Å². The fourth-order valence-electron chi connectivity index (χ4n) is 8.56. The first-order valence-electron chi connectivity index (χ1n) is 21.9. The van der Waals surface area contributed by atoms with Crippen LogP contribution in [0.1, 0.15) is 76.3 Å². The van der Waals surface area contributed by atoms with Crippen molar-refractivity contribution in [3.05, 3.63) is 95.4 Å². The zero-order valence-electron chi connectivity index (χ0n) is 36.4. The fraction of sp³-hybridized carbons (Fsp3) is 0.426. The minimum atomic E-state index is -3.71. The van der Waals surface area contributed by atoms with Crippen molar-refractivity contribution < 1.29 is 22.4 Å². The Morgan fingerprint density at radius 3 is 2.21 bits per heavy atom. The van der Waals surface area contributed by atoms with Crippen molar-refractivity contribution in [1.82, 2.24) is 25.2 Å². The molecule has 5 heterocycles. The summed E-state index contributed by atoms with van der Waals surface area (Å²) in [5.41, 5.74) is 4.88. The van der Waals surface area contributed by atoms with Crippen molar-refractivity contribution in [2.45, 2.75) is 71.1 Å². The van der Waals surface area contributed by atoms with E-state index in [4.69, 9.17) is 9.97 Å². The highest BCUT2D eigenvalue weighted by Crippen LogP contribution is 2.42. The number of hydrogen-bond acceptors (Lipinski definition) is 12. The van der Waals surface area contributed by atoms with E-state index in [1.807, 2.05) is 45.0 Å². The lowest BCUT2D eigenvalue weighted by molar-refractivity contribution is -0.134. The molecule has 0 saturated carbocycles. The smallest absolute Gasteiger partial charge is 0.234 e. The van der Waals surface area contributed by atoms with Gasteiger partial charge in [0.2, 0.25) is 27.8 Å². The predicted molar refractivity (Wildman–Crippen MR) is 250 cm³/mol. The molecule has 3 aromatic carbocycles. The number of halogens is 1. The zero-order valence-corrected chi connectivity index (χ0v) is 38.0. The van der Waals surface area contributed by atoms with E-state index in [0.29, 0.717) is 47.4 Å². The summed E-state index contributed by atoms with van der Waals surface area (Å²) >= 11 is 1.43. The first-order chi connectivity index (χ1) is 30.2. The molecule has 3 aliphatic rings.